The number of aromatic nitrogens is 2. The first-order chi connectivity index (χ1) is 13.3. The number of anilines is 1. The van der Waals surface area contributed by atoms with E-state index in [1.54, 1.807) is 12.4 Å². The molecular weight excluding hydrogens is 343 g/mol. The van der Waals surface area contributed by atoms with Crippen molar-refractivity contribution < 1.29 is 10.6 Å². The molecule has 1 aliphatic heterocycles. The predicted octanol–water partition coefficient (Wildman–Crippen LogP) is 3.95. The molecule has 5 nitrogen and oxygen atoms in total. The van der Waals surface area contributed by atoms with Gasteiger partial charge in [-0.25, -0.2) is 14.4 Å². The maximum absolute atomic E-state index is 14.3. The molecule has 1 aromatic heterocycles. The maximum Gasteiger partial charge on any atom is 0.137 e. The lowest BCUT2D eigenvalue weighted by atomic mass is 9.90. The van der Waals surface area contributed by atoms with Crippen molar-refractivity contribution in [2.75, 3.05) is 31.6 Å². The quantitative estimate of drug-likeness (QED) is 0.881. The summed E-state index contributed by atoms with van der Waals surface area (Å²) < 4.78 is 19.8. The summed E-state index contributed by atoms with van der Waals surface area (Å²) in [6.45, 7) is 3.86. The van der Waals surface area contributed by atoms with E-state index < -0.39 is 0 Å². The second-order valence-corrected chi connectivity index (χ2v) is 8.19. The molecule has 2 heterocycles. The first kappa shape index (κ1) is 17.3. The molecule has 1 saturated heterocycles. The van der Waals surface area contributed by atoms with Gasteiger partial charge >= 0.3 is 0 Å². The Hall–Kier alpha value is -1.79. The highest BCUT2D eigenvalue weighted by Crippen LogP contribution is 2.42. The fourth-order valence-electron chi connectivity index (χ4n) is 4.64. The van der Waals surface area contributed by atoms with E-state index in [1.807, 2.05) is 6.07 Å². The van der Waals surface area contributed by atoms with Crippen LogP contribution >= 0.6 is 0 Å². The summed E-state index contributed by atoms with van der Waals surface area (Å²) in [7, 11) is 0. The molecule has 6 heteroatoms. The molecule has 3 aliphatic rings. The van der Waals surface area contributed by atoms with Crippen molar-refractivity contribution in [1.82, 2.24) is 14.9 Å². The van der Waals surface area contributed by atoms with Crippen molar-refractivity contribution in [2.45, 2.75) is 56.5 Å². The Morgan fingerprint density at radius 1 is 1.04 bits per heavy atom. The van der Waals surface area contributed by atoms with Gasteiger partial charge in [0.2, 0.25) is 0 Å². The van der Waals surface area contributed by atoms with Crippen LogP contribution in [-0.4, -0.2) is 53.3 Å². The van der Waals surface area contributed by atoms with E-state index in [-0.39, 0.29) is 7.24 Å². The Morgan fingerprint density at radius 3 is 2.56 bits per heavy atom. The normalized spacial score (nSPS) is 27.0. The summed E-state index contributed by atoms with van der Waals surface area (Å²) in [5, 5.41) is 4.59. The molecule has 2 aromatic rings. The largest absolute Gasteiger partial charge is 0.379 e. The minimum Gasteiger partial charge on any atom is -0.379 e. The second-order valence-electron chi connectivity index (χ2n) is 8.19. The number of hydrogen-bond donors (Lipinski definition) is 1. The zero-order valence-electron chi connectivity index (χ0n) is 15.7. The first-order valence-corrected chi connectivity index (χ1v) is 10.3. The van der Waals surface area contributed by atoms with Crippen LogP contribution in [0.3, 0.4) is 0 Å². The molecule has 0 atom stereocenters. The minimum atomic E-state index is -0.124. The zero-order valence-corrected chi connectivity index (χ0v) is 15.7. The van der Waals surface area contributed by atoms with E-state index in [4.69, 9.17) is 4.74 Å². The standard InChI is InChI=1S/C21H27FN4O.H2/c22-19-12-20-18(11-17(19)14-1-2-14)21(24-13-23-20)25-15-3-5-16(6-4-15)26-7-9-27-10-8-26;/h11-16H,1-10H2,(H,23,24,25);1H. The topological polar surface area (TPSA) is 50.3 Å². The van der Waals surface area contributed by atoms with Crippen LogP contribution in [0, 0.1) is 5.82 Å². The Kier molecular flexibility index (Phi) is 4.70. The number of nitrogens with one attached hydrogen (secondary N) is 1. The third-order valence-corrected chi connectivity index (χ3v) is 6.37. The van der Waals surface area contributed by atoms with Crippen molar-refractivity contribution in [3.63, 3.8) is 0 Å². The smallest absolute Gasteiger partial charge is 0.137 e. The summed E-state index contributed by atoms with van der Waals surface area (Å²) in [5.41, 5.74) is 1.52. The third kappa shape index (κ3) is 3.65. The number of fused-ring (bicyclic) bond motifs is 1. The van der Waals surface area contributed by atoms with Gasteiger partial charge in [-0.15, -0.1) is 0 Å². The summed E-state index contributed by atoms with van der Waals surface area (Å²) in [6.07, 6.45) is 8.43. The fourth-order valence-corrected chi connectivity index (χ4v) is 4.64. The lowest BCUT2D eigenvalue weighted by molar-refractivity contribution is 0.00791. The minimum absolute atomic E-state index is 0. The summed E-state index contributed by atoms with van der Waals surface area (Å²) in [4.78, 5) is 11.4. The number of ether oxygens (including phenoxy) is 1. The first-order valence-electron chi connectivity index (χ1n) is 10.3. The average molecular weight is 372 g/mol. The monoisotopic (exact) mass is 372 g/mol. The van der Waals surface area contributed by atoms with Crippen molar-refractivity contribution >= 4 is 16.7 Å². The molecule has 5 rings (SSSR count). The van der Waals surface area contributed by atoms with E-state index in [9.17, 15) is 4.39 Å². The van der Waals surface area contributed by atoms with E-state index in [2.05, 4.69) is 20.2 Å². The third-order valence-electron chi connectivity index (χ3n) is 6.37. The van der Waals surface area contributed by atoms with Gasteiger partial charge in [0.15, 0.2) is 0 Å². The molecule has 0 amide bonds. The summed E-state index contributed by atoms with van der Waals surface area (Å²) >= 11 is 0. The van der Waals surface area contributed by atoms with Gasteiger partial charge in [-0.2, -0.15) is 0 Å². The lowest BCUT2D eigenvalue weighted by Crippen LogP contribution is -2.46. The summed E-state index contributed by atoms with van der Waals surface area (Å²) in [6, 6.07) is 4.66. The molecule has 27 heavy (non-hydrogen) atoms. The second kappa shape index (κ2) is 7.32. The SMILES string of the molecule is Fc1cc2ncnc(NC3CCC(N4CCOCC4)CC3)c2cc1C1CC1.[HH]. The average Bonchev–Trinajstić information content (AvgIpc) is 3.54. The molecule has 2 aliphatic carbocycles. The Morgan fingerprint density at radius 2 is 1.81 bits per heavy atom. The number of nitrogens with zero attached hydrogens (tertiary/aromatic N) is 3. The number of halogens is 1. The Balaban J connectivity index is 0.00000192. The van der Waals surface area contributed by atoms with Crippen LogP contribution in [0.4, 0.5) is 10.2 Å². The van der Waals surface area contributed by atoms with Gasteiger partial charge in [-0.1, -0.05) is 0 Å². The summed E-state index contributed by atoms with van der Waals surface area (Å²) in [5.74, 6) is 1.11. The molecule has 1 N–H and O–H groups in total. The Bertz CT molecular complexity index is 817. The molecule has 2 saturated carbocycles. The molecule has 0 radical (unpaired) electrons. The van der Waals surface area contributed by atoms with Gasteiger partial charge in [0, 0.05) is 38.1 Å². The molecule has 0 spiro atoms. The maximum atomic E-state index is 14.3. The van der Waals surface area contributed by atoms with E-state index in [0.29, 0.717) is 23.5 Å². The van der Waals surface area contributed by atoms with Crippen molar-refractivity contribution in [3.8, 4) is 0 Å². The van der Waals surface area contributed by atoms with Gasteiger partial charge in [-0.05, 0) is 56.1 Å². The van der Waals surface area contributed by atoms with Crippen LogP contribution in [0.25, 0.3) is 10.9 Å². The van der Waals surface area contributed by atoms with E-state index in [0.717, 1.165) is 68.8 Å². The van der Waals surface area contributed by atoms with Gasteiger partial charge in [0.05, 0.1) is 18.7 Å². The van der Waals surface area contributed by atoms with Crippen LogP contribution in [0.5, 0.6) is 0 Å². The van der Waals surface area contributed by atoms with Crippen LogP contribution < -0.4 is 5.32 Å². The molecular formula is C21H29FN4O. The van der Waals surface area contributed by atoms with Gasteiger partial charge in [0.25, 0.3) is 0 Å². The van der Waals surface area contributed by atoms with E-state index >= 15 is 0 Å². The fraction of sp³-hybridized carbons (Fsp3) is 0.619. The van der Waals surface area contributed by atoms with Crippen LogP contribution in [-0.2, 0) is 4.74 Å². The number of rotatable bonds is 4. The lowest BCUT2D eigenvalue weighted by Gasteiger charge is -2.39. The number of benzene rings is 1. The molecule has 3 fully saturated rings. The van der Waals surface area contributed by atoms with Crippen molar-refractivity contribution in [1.29, 1.82) is 0 Å². The van der Waals surface area contributed by atoms with Crippen molar-refractivity contribution in [2.24, 2.45) is 0 Å². The Labute approximate surface area is 160 Å². The molecule has 146 valence electrons. The molecule has 1 aromatic carbocycles. The van der Waals surface area contributed by atoms with Crippen LogP contribution in [0.1, 0.15) is 51.4 Å². The molecule has 0 bridgehead atoms. The van der Waals surface area contributed by atoms with E-state index in [1.165, 1.54) is 12.8 Å². The number of morpholine rings is 1. The highest BCUT2D eigenvalue weighted by atomic mass is 19.1. The van der Waals surface area contributed by atoms with Crippen LogP contribution in [0.2, 0.25) is 0 Å². The van der Waals surface area contributed by atoms with Gasteiger partial charge in [-0.3, -0.25) is 4.90 Å². The number of hydrogen-bond acceptors (Lipinski definition) is 5. The van der Waals surface area contributed by atoms with Gasteiger partial charge < -0.3 is 10.1 Å². The zero-order chi connectivity index (χ0) is 18.2. The van der Waals surface area contributed by atoms with Gasteiger partial charge in [0.1, 0.15) is 18.0 Å². The highest BCUT2D eigenvalue weighted by molar-refractivity contribution is 5.89. The predicted molar refractivity (Wildman–Crippen MR) is 106 cm³/mol. The molecule has 0 unspecified atom stereocenters. The highest BCUT2D eigenvalue weighted by Gasteiger charge is 2.29. The van der Waals surface area contributed by atoms with Crippen LogP contribution in [0.15, 0.2) is 18.5 Å². The van der Waals surface area contributed by atoms with Crippen molar-refractivity contribution in [3.05, 3.63) is 29.8 Å².